The molecule has 0 saturated heterocycles. The van der Waals surface area contributed by atoms with Crippen LogP contribution in [0.3, 0.4) is 0 Å². The van der Waals surface area contributed by atoms with Gasteiger partial charge in [0.2, 0.25) is 5.91 Å². The van der Waals surface area contributed by atoms with Gasteiger partial charge in [-0.1, -0.05) is 36.0 Å². The third-order valence-corrected chi connectivity index (χ3v) is 7.70. The molecule has 1 heterocycles. The summed E-state index contributed by atoms with van der Waals surface area (Å²) >= 11 is 1.57. The molecule has 4 fully saturated rings. The van der Waals surface area contributed by atoms with Gasteiger partial charge < -0.3 is 5.32 Å². The highest BCUT2D eigenvalue weighted by Crippen LogP contribution is 2.55. The molecule has 1 atom stereocenters. The van der Waals surface area contributed by atoms with E-state index in [0.29, 0.717) is 0 Å². The predicted molar refractivity (Wildman–Crippen MR) is 106 cm³/mol. The fourth-order valence-corrected chi connectivity index (χ4v) is 6.80. The molecule has 0 radical (unpaired) electrons. The Kier molecular flexibility index (Phi) is 4.00. The summed E-state index contributed by atoms with van der Waals surface area (Å²) in [5.41, 5.74) is 1.09. The van der Waals surface area contributed by atoms with Crippen LogP contribution >= 0.6 is 11.8 Å². The number of para-hydroxylation sites is 1. The molecule has 1 unspecified atom stereocenters. The number of benzene rings is 1. The normalized spacial score (nSPS) is 33.3. The van der Waals surface area contributed by atoms with E-state index in [1.54, 1.807) is 11.8 Å². The molecule has 6 rings (SSSR count). The van der Waals surface area contributed by atoms with E-state index in [9.17, 15) is 4.79 Å². The first-order valence-corrected chi connectivity index (χ1v) is 10.8. The van der Waals surface area contributed by atoms with E-state index >= 15 is 0 Å². The van der Waals surface area contributed by atoms with E-state index in [0.717, 1.165) is 33.7 Å². The highest BCUT2D eigenvalue weighted by atomic mass is 32.2. The zero-order valence-corrected chi connectivity index (χ0v) is 16.1. The number of thioether (sulfide) groups is 1. The molecular formula is C22H26N2OS. The van der Waals surface area contributed by atoms with E-state index in [1.807, 2.05) is 31.2 Å². The Morgan fingerprint density at radius 2 is 1.73 bits per heavy atom. The average molecular weight is 367 g/mol. The molecular weight excluding hydrogens is 340 g/mol. The van der Waals surface area contributed by atoms with Crippen LogP contribution in [-0.2, 0) is 4.79 Å². The van der Waals surface area contributed by atoms with E-state index < -0.39 is 0 Å². The van der Waals surface area contributed by atoms with Crippen LogP contribution in [0.1, 0.15) is 45.4 Å². The maximum Gasteiger partial charge on any atom is 0.233 e. The van der Waals surface area contributed by atoms with Gasteiger partial charge >= 0.3 is 0 Å². The van der Waals surface area contributed by atoms with Crippen LogP contribution in [0.5, 0.6) is 0 Å². The fourth-order valence-electron chi connectivity index (χ4n) is 5.97. The molecule has 4 aliphatic rings. The lowest BCUT2D eigenvalue weighted by Gasteiger charge is -2.57. The Balaban J connectivity index is 1.28. The molecule has 1 aromatic heterocycles. The first-order valence-electron chi connectivity index (χ1n) is 9.93. The lowest BCUT2D eigenvalue weighted by Crippen LogP contribution is -2.60. The monoisotopic (exact) mass is 366 g/mol. The summed E-state index contributed by atoms with van der Waals surface area (Å²) in [5.74, 6) is 2.75. The molecule has 136 valence electrons. The molecule has 2 aromatic rings. The lowest BCUT2D eigenvalue weighted by molar-refractivity contribution is -0.126. The fraction of sp³-hybridized carbons (Fsp3) is 0.545. The summed E-state index contributed by atoms with van der Waals surface area (Å²) in [4.78, 5) is 17.6. The molecule has 1 aromatic carbocycles. The van der Waals surface area contributed by atoms with Gasteiger partial charge in [0.05, 0.1) is 15.8 Å². The van der Waals surface area contributed by atoms with Crippen LogP contribution < -0.4 is 5.32 Å². The van der Waals surface area contributed by atoms with Gasteiger partial charge in [0.25, 0.3) is 0 Å². The van der Waals surface area contributed by atoms with Gasteiger partial charge in [-0.15, -0.1) is 0 Å². The van der Waals surface area contributed by atoms with Gasteiger partial charge in [-0.05, 0) is 75.3 Å². The smallest absolute Gasteiger partial charge is 0.233 e. The Morgan fingerprint density at radius 1 is 1.08 bits per heavy atom. The second-order valence-electron chi connectivity index (χ2n) is 8.79. The summed E-state index contributed by atoms with van der Waals surface area (Å²) in [6.07, 6.45) is 7.82. The van der Waals surface area contributed by atoms with E-state index in [1.165, 1.54) is 38.5 Å². The Hall–Kier alpha value is -1.55. The van der Waals surface area contributed by atoms with Gasteiger partial charge in [0, 0.05) is 10.9 Å². The van der Waals surface area contributed by atoms with Crippen LogP contribution in [-0.4, -0.2) is 21.7 Å². The van der Waals surface area contributed by atoms with Crippen LogP contribution in [0, 0.1) is 17.8 Å². The van der Waals surface area contributed by atoms with Crippen molar-refractivity contribution in [2.24, 2.45) is 17.8 Å². The number of hydrogen-bond donors (Lipinski definition) is 1. The Bertz CT molecular complexity index is 814. The molecule has 4 bridgehead atoms. The summed E-state index contributed by atoms with van der Waals surface area (Å²) < 4.78 is 0. The van der Waals surface area contributed by atoms with E-state index in [-0.39, 0.29) is 16.7 Å². The molecule has 4 saturated carbocycles. The van der Waals surface area contributed by atoms with Crippen LogP contribution in [0.4, 0.5) is 0 Å². The Morgan fingerprint density at radius 3 is 2.42 bits per heavy atom. The summed E-state index contributed by atoms with van der Waals surface area (Å²) in [6, 6.07) is 12.3. The number of aromatic nitrogens is 1. The number of rotatable bonds is 4. The molecule has 0 aliphatic heterocycles. The first-order chi connectivity index (χ1) is 12.6. The van der Waals surface area contributed by atoms with Crippen molar-refractivity contribution in [1.82, 2.24) is 10.3 Å². The topological polar surface area (TPSA) is 42.0 Å². The van der Waals surface area contributed by atoms with Crippen molar-refractivity contribution in [1.29, 1.82) is 0 Å². The maximum atomic E-state index is 12.9. The quantitative estimate of drug-likeness (QED) is 0.790. The van der Waals surface area contributed by atoms with Crippen molar-refractivity contribution in [3.63, 3.8) is 0 Å². The molecule has 1 amide bonds. The van der Waals surface area contributed by atoms with Crippen molar-refractivity contribution in [3.8, 4) is 0 Å². The number of nitrogens with one attached hydrogen (secondary N) is 1. The predicted octanol–water partition coefficient (Wildman–Crippen LogP) is 4.80. The standard InChI is InChI=1S/C22H26N2OS/c1-14(26-20-7-6-18-4-2-3-5-19(18)23-20)21(25)24-22-11-15-8-16(12-22)10-17(9-15)13-22/h2-7,14-17H,8-13H2,1H3,(H,24,25). The molecule has 4 aliphatic carbocycles. The van der Waals surface area contributed by atoms with Gasteiger partial charge in [0.15, 0.2) is 0 Å². The third kappa shape index (κ3) is 3.02. The van der Waals surface area contributed by atoms with Gasteiger partial charge in [-0.25, -0.2) is 4.98 Å². The second-order valence-corrected chi connectivity index (χ2v) is 10.2. The van der Waals surface area contributed by atoms with Gasteiger partial charge in [-0.2, -0.15) is 0 Å². The maximum absolute atomic E-state index is 12.9. The largest absolute Gasteiger partial charge is 0.350 e. The molecule has 26 heavy (non-hydrogen) atoms. The van der Waals surface area contributed by atoms with Gasteiger partial charge in [0.1, 0.15) is 0 Å². The molecule has 3 nitrogen and oxygen atoms in total. The minimum Gasteiger partial charge on any atom is -0.350 e. The number of fused-ring (bicyclic) bond motifs is 1. The number of hydrogen-bond acceptors (Lipinski definition) is 3. The summed E-state index contributed by atoms with van der Waals surface area (Å²) in [6.45, 7) is 2.01. The average Bonchev–Trinajstić information content (AvgIpc) is 2.60. The number of carbonyl (C=O) groups excluding carboxylic acids is 1. The van der Waals surface area contributed by atoms with Crippen molar-refractivity contribution in [2.45, 2.75) is 61.3 Å². The number of nitrogens with zero attached hydrogens (tertiary/aromatic N) is 1. The zero-order chi connectivity index (χ0) is 17.7. The first kappa shape index (κ1) is 16.6. The highest BCUT2D eigenvalue weighted by Gasteiger charge is 2.51. The number of pyridine rings is 1. The summed E-state index contributed by atoms with van der Waals surface area (Å²) in [7, 11) is 0. The molecule has 0 spiro atoms. The zero-order valence-electron chi connectivity index (χ0n) is 15.3. The van der Waals surface area contributed by atoms with E-state index in [2.05, 4.69) is 17.4 Å². The van der Waals surface area contributed by atoms with Crippen molar-refractivity contribution < 1.29 is 4.79 Å². The van der Waals surface area contributed by atoms with Crippen LogP contribution in [0.2, 0.25) is 0 Å². The minimum absolute atomic E-state index is 0.0947. The van der Waals surface area contributed by atoms with E-state index in [4.69, 9.17) is 4.98 Å². The third-order valence-electron chi connectivity index (χ3n) is 6.67. The van der Waals surface area contributed by atoms with Crippen molar-refractivity contribution in [3.05, 3.63) is 36.4 Å². The van der Waals surface area contributed by atoms with Crippen LogP contribution in [0.15, 0.2) is 41.4 Å². The number of carbonyl (C=O) groups is 1. The lowest BCUT2D eigenvalue weighted by atomic mass is 9.53. The molecule has 4 heteroatoms. The highest BCUT2D eigenvalue weighted by molar-refractivity contribution is 8.00. The van der Waals surface area contributed by atoms with Crippen molar-refractivity contribution in [2.75, 3.05) is 0 Å². The second kappa shape index (κ2) is 6.26. The van der Waals surface area contributed by atoms with Gasteiger partial charge in [-0.3, -0.25) is 4.79 Å². The summed E-state index contributed by atoms with van der Waals surface area (Å²) in [5, 5.41) is 5.45. The molecule has 1 N–H and O–H groups in total. The van der Waals surface area contributed by atoms with Crippen LogP contribution in [0.25, 0.3) is 10.9 Å². The number of amides is 1. The minimum atomic E-state index is -0.114. The Labute approximate surface area is 159 Å². The van der Waals surface area contributed by atoms with Crippen molar-refractivity contribution >= 4 is 28.6 Å². The SMILES string of the molecule is CC(Sc1ccc2ccccc2n1)C(=O)NC12CC3CC(CC(C3)C1)C2.